The molecule has 116 valence electrons. The molecular formula is C16H27N5. The Bertz CT molecular complexity index is 476. The molecule has 21 heavy (non-hydrogen) atoms. The van der Waals surface area contributed by atoms with Crippen LogP contribution in [0.1, 0.15) is 38.9 Å². The van der Waals surface area contributed by atoms with Crippen LogP contribution in [-0.4, -0.2) is 53.6 Å². The molecule has 2 fully saturated rings. The highest BCUT2D eigenvalue weighted by Crippen LogP contribution is 2.25. The van der Waals surface area contributed by atoms with Crippen molar-refractivity contribution < 1.29 is 0 Å². The third-order valence-electron chi connectivity index (χ3n) is 4.59. The maximum atomic E-state index is 4.75. The normalized spacial score (nSPS) is 23.0. The Kier molecular flexibility index (Phi) is 4.58. The second kappa shape index (κ2) is 6.60. The Balaban J connectivity index is 1.77. The molecule has 0 aromatic carbocycles. The van der Waals surface area contributed by atoms with Gasteiger partial charge in [-0.15, -0.1) is 0 Å². The Labute approximate surface area is 127 Å². The number of hydrogen-bond donors (Lipinski definition) is 1. The van der Waals surface area contributed by atoms with Crippen LogP contribution in [0, 0.1) is 0 Å². The monoisotopic (exact) mass is 289 g/mol. The van der Waals surface area contributed by atoms with Gasteiger partial charge >= 0.3 is 0 Å². The lowest BCUT2D eigenvalue weighted by Crippen LogP contribution is -2.55. The van der Waals surface area contributed by atoms with Crippen LogP contribution in [-0.2, 0) is 6.42 Å². The Morgan fingerprint density at radius 3 is 2.90 bits per heavy atom. The quantitative estimate of drug-likeness (QED) is 0.920. The fourth-order valence-corrected chi connectivity index (χ4v) is 3.44. The zero-order valence-electron chi connectivity index (χ0n) is 13.3. The van der Waals surface area contributed by atoms with Crippen molar-refractivity contribution in [3.63, 3.8) is 0 Å². The molecule has 0 radical (unpaired) electrons. The number of aromatic nitrogens is 2. The molecule has 3 heterocycles. The Hall–Kier alpha value is -1.36. The van der Waals surface area contributed by atoms with Crippen molar-refractivity contribution in [2.45, 2.75) is 45.6 Å². The topological polar surface area (TPSA) is 44.3 Å². The number of hydrogen-bond acceptors (Lipinski definition) is 5. The van der Waals surface area contributed by atoms with Crippen molar-refractivity contribution in [2.24, 2.45) is 0 Å². The van der Waals surface area contributed by atoms with E-state index in [1.807, 2.05) is 0 Å². The lowest BCUT2D eigenvalue weighted by molar-refractivity contribution is 0.133. The van der Waals surface area contributed by atoms with E-state index < -0.39 is 0 Å². The lowest BCUT2D eigenvalue weighted by Gasteiger charge is -2.44. The lowest BCUT2D eigenvalue weighted by atomic mass is 9.99. The molecule has 2 saturated heterocycles. The highest BCUT2D eigenvalue weighted by Gasteiger charge is 2.29. The van der Waals surface area contributed by atoms with E-state index in [4.69, 9.17) is 4.98 Å². The van der Waals surface area contributed by atoms with Crippen molar-refractivity contribution in [2.75, 3.05) is 42.9 Å². The number of anilines is 2. The van der Waals surface area contributed by atoms with Crippen molar-refractivity contribution in [1.29, 1.82) is 0 Å². The molecular weight excluding hydrogens is 262 g/mol. The number of piperidine rings is 1. The first kappa shape index (κ1) is 14.6. The second-order valence-corrected chi connectivity index (χ2v) is 6.04. The summed E-state index contributed by atoms with van der Waals surface area (Å²) in [5.74, 6) is 3.00. The Morgan fingerprint density at radius 1 is 1.19 bits per heavy atom. The molecule has 0 aliphatic carbocycles. The molecule has 2 aliphatic rings. The van der Waals surface area contributed by atoms with Crippen LogP contribution >= 0.6 is 0 Å². The molecule has 1 unspecified atom stereocenters. The molecule has 2 aliphatic heterocycles. The summed E-state index contributed by atoms with van der Waals surface area (Å²) in [7, 11) is 0. The van der Waals surface area contributed by atoms with Crippen molar-refractivity contribution in [1.82, 2.24) is 14.9 Å². The minimum Gasteiger partial charge on any atom is -0.370 e. The molecule has 0 spiro atoms. The van der Waals surface area contributed by atoms with Crippen LogP contribution < -0.4 is 10.2 Å². The van der Waals surface area contributed by atoms with Gasteiger partial charge in [-0.2, -0.15) is 0 Å². The first-order chi connectivity index (χ1) is 10.3. The molecule has 1 N–H and O–H groups in total. The molecule has 5 heteroatoms. The standard InChI is InChI=1S/C16H27N5/c1-3-14-18-15(17-4-2)11-16(19-14)21-10-9-20-8-6-5-7-13(20)12-21/h11,13H,3-10,12H2,1-2H3,(H,17,18,19). The van der Waals surface area contributed by atoms with Gasteiger partial charge in [0.05, 0.1) is 0 Å². The first-order valence-electron chi connectivity index (χ1n) is 8.41. The van der Waals surface area contributed by atoms with Gasteiger partial charge < -0.3 is 10.2 Å². The van der Waals surface area contributed by atoms with Gasteiger partial charge in [-0.05, 0) is 26.3 Å². The van der Waals surface area contributed by atoms with Gasteiger partial charge in [0.25, 0.3) is 0 Å². The van der Waals surface area contributed by atoms with Crippen LogP contribution in [0.2, 0.25) is 0 Å². The third-order valence-corrected chi connectivity index (χ3v) is 4.59. The van der Waals surface area contributed by atoms with E-state index in [1.165, 1.54) is 32.4 Å². The number of piperazine rings is 1. The van der Waals surface area contributed by atoms with Crippen molar-refractivity contribution in [3.8, 4) is 0 Å². The van der Waals surface area contributed by atoms with Gasteiger partial charge in [-0.1, -0.05) is 13.3 Å². The second-order valence-electron chi connectivity index (χ2n) is 6.04. The van der Waals surface area contributed by atoms with Crippen LogP contribution in [0.4, 0.5) is 11.6 Å². The summed E-state index contributed by atoms with van der Waals surface area (Å²) >= 11 is 0. The maximum absolute atomic E-state index is 4.75. The van der Waals surface area contributed by atoms with E-state index in [9.17, 15) is 0 Å². The van der Waals surface area contributed by atoms with Gasteiger partial charge in [0.15, 0.2) is 0 Å². The predicted molar refractivity (Wildman–Crippen MR) is 87.0 cm³/mol. The third kappa shape index (κ3) is 3.28. The highest BCUT2D eigenvalue weighted by molar-refractivity contribution is 5.50. The smallest absolute Gasteiger partial charge is 0.134 e. The summed E-state index contributed by atoms with van der Waals surface area (Å²) in [6.07, 6.45) is 4.97. The fraction of sp³-hybridized carbons (Fsp3) is 0.750. The SMILES string of the molecule is CCNc1cc(N2CCN3CCCCC3C2)nc(CC)n1. The molecule has 3 rings (SSSR count). The van der Waals surface area contributed by atoms with Gasteiger partial charge in [-0.3, -0.25) is 4.90 Å². The zero-order valence-corrected chi connectivity index (χ0v) is 13.3. The van der Waals surface area contributed by atoms with Crippen LogP contribution in [0.15, 0.2) is 6.07 Å². The largest absolute Gasteiger partial charge is 0.370 e. The van der Waals surface area contributed by atoms with E-state index in [-0.39, 0.29) is 0 Å². The van der Waals surface area contributed by atoms with E-state index >= 15 is 0 Å². The molecule has 1 atom stereocenters. The van der Waals surface area contributed by atoms with Crippen LogP contribution in [0.25, 0.3) is 0 Å². The van der Waals surface area contributed by atoms with Gasteiger partial charge in [0.1, 0.15) is 17.5 Å². The zero-order chi connectivity index (χ0) is 14.7. The van der Waals surface area contributed by atoms with E-state index in [1.54, 1.807) is 0 Å². The average molecular weight is 289 g/mol. The maximum Gasteiger partial charge on any atom is 0.134 e. The van der Waals surface area contributed by atoms with Crippen molar-refractivity contribution >= 4 is 11.6 Å². The molecule has 1 aromatic rings. The fourth-order valence-electron chi connectivity index (χ4n) is 3.44. The number of rotatable bonds is 4. The molecule has 5 nitrogen and oxygen atoms in total. The number of nitrogens with one attached hydrogen (secondary N) is 1. The average Bonchev–Trinajstić information content (AvgIpc) is 2.54. The van der Waals surface area contributed by atoms with Gasteiger partial charge in [0.2, 0.25) is 0 Å². The minimum absolute atomic E-state index is 0.718. The van der Waals surface area contributed by atoms with E-state index in [0.717, 1.165) is 49.6 Å². The summed E-state index contributed by atoms with van der Waals surface area (Å²) in [6.45, 7) is 9.78. The van der Waals surface area contributed by atoms with Gasteiger partial charge in [0, 0.05) is 44.7 Å². The van der Waals surface area contributed by atoms with Crippen molar-refractivity contribution in [3.05, 3.63) is 11.9 Å². The Morgan fingerprint density at radius 2 is 2.10 bits per heavy atom. The molecule has 0 saturated carbocycles. The first-order valence-corrected chi connectivity index (χ1v) is 8.41. The summed E-state index contributed by atoms with van der Waals surface area (Å²) in [4.78, 5) is 14.4. The minimum atomic E-state index is 0.718. The summed E-state index contributed by atoms with van der Waals surface area (Å²) in [5.41, 5.74) is 0. The van der Waals surface area contributed by atoms with E-state index in [2.05, 4.69) is 40.0 Å². The summed E-state index contributed by atoms with van der Waals surface area (Å²) in [6, 6.07) is 2.83. The predicted octanol–water partition coefficient (Wildman–Crippen LogP) is 2.15. The highest BCUT2D eigenvalue weighted by atomic mass is 15.3. The molecule has 1 aromatic heterocycles. The molecule has 0 amide bonds. The van der Waals surface area contributed by atoms with Crippen LogP contribution in [0.5, 0.6) is 0 Å². The van der Waals surface area contributed by atoms with Gasteiger partial charge in [-0.25, -0.2) is 9.97 Å². The number of nitrogens with zero attached hydrogens (tertiary/aromatic N) is 4. The number of aryl methyl sites for hydroxylation is 1. The summed E-state index contributed by atoms with van der Waals surface area (Å²) in [5, 5.41) is 3.33. The van der Waals surface area contributed by atoms with E-state index in [0.29, 0.717) is 0 Å². The molecule has 0 bridgehead atoms. The summed E-state index contributed by atoms with van der Waals surface area (Å²) < 4.78 is 0. The van der Waals surface area contributed by atoms with Crippen LogP contribution in [0.3, 0.4) is 0 Å². The number of fused-ring (bicyclic) bond motifs is 1.